The Labute approximate surface area is 274 Å². The van der Waals surface area contributed by atoms with Gasteiger partial charge >= 0.3 is 6.01 Å². The summed E-state index contributed by atoms with van der Waals surface area (Å²) in [5, 5.41) is 15.0. The zero-order valence-electron chi connectivity index (χ0n) is 26.4. The van der Waals surface area contributed by atoms with Crippen molar-refractivity contribution in [3.8, 4) is 35.4 Å². The van der Waals surface area contributed by atoms with Crippen LogP contribution in [0.4, 0.5) is 23.4 Å². The number of benzene rings is 2. The molecule has 2 bridgehead atoms. The van der Waals surface area contributed by atoms with E-state index in [0.717, 1.165) is 38.3 Å². The fourth-order valence-corrected chi connectivity index (χ4v) is 9.21. The molecular formula is C36H34F4N6O2. The molecule has 12 heteroatoms. The predicted octanol–water partition coefficient (Wildman–Crippen LogP) is 5.78. The summed E-state index contributed by atoms with van der Waals surface area (Å²) in [6.45, 7) is 4.63. The number of rotatable bonds is 5. The van der Waals surface area contributed by atoms with Crippen LogP contribution in [0.5, 0.6) is 11.8 Å². The molecule has 4 aromatic rings. The first-order chi connectivity index (χ1) is 22.9. The summed E-state index contributed by atoms with van der Waals surface area (Å²) in [7, 11) is 0. The zero-order chi connectivity index (χ0) is 33.2. The number of piperazine rings is 1. The molecule has 4 atom stereocenters. The third-order valence-corrected chi connectivity index (χ3v) is 11.6. The maximum Gasteiger partial charge on any atom is 0.319 e. The molecule has 8 nitrogen and oxygen atoms in total. The number of phenols is 1. The number of terminal acetylenes is 1. The molecule has 5 aliphatic rings. The molecule has 0 amide bonds. The third kappa shape index (κ3) is 4.26. The van der Waals surface area contributed by atoms with Crippen molar-refractivity contribution in [3.05, 3.63) is 47.7 Å². The Morgan fingerprint density at radius 1 is 1.10 bits per heavy atom. The molecule has 4 saturated heterocycles. The highest BCUT2D eigenvalue weighted by atomic mass is 19.3. The first kappa shape index (κ1) is 29.9. The van der Waals surface area contributed by atoms with E-state index in [1.54, 1.807) is 0 Å². The van der Waals surface area contributed by atoms with Crippen molar-refractivity contribution in [2.24, 2.45) is 5.41 Å². The number of phenolic OH excluding ortho intramolecular Hbond substituents is 1. The molecule has 0 unspecified atom stereocenters. The quantitative estimate of drug-likeness (QED) is 0.206. The van der Waals surface area contributed by atoms with Crippen molar-refractivity contribution in [2.75, 3.05) is 37.7 Å². The highest BCUT2D eigenvalue weighted by Crippen LogP contribution is 2.69. The third-order valence-electron chi connectivity index (χ3n) is 11.6. The number of hydrogen-bond acceptors (Lipinski definition) is 8. The lowest BCUT2D eigenvalue weighted by molar-refractivity contribution is 0.0647. The van der Waals surface area contributed by atoms with Crippen LogP contribution >= 0.6 is 0 Å². The van der Waals surface area contributed by atoms with Crippen LogP contribution in [-0.4, -0.2) is 80.8 Å². The maximum atomic E-state index is 16.9. The molecular weight excluding hydrogens is 624 g/mol. The van der Waals surface area contributed by atoms with Crippen molar-refractivity contribution >= 4 is 27.5 Å². The van der Waals surface area contributed by atoms with Crippen LogP contribution in [0, 0.1) is 29.4 Å². The number of aromatic nitrogens is 3. The van der Waals surface area contributed by atoms with Gasteiger partial charge in [0.25, 0.3) is 5.92 Å². The number of nitrogens with zero attached hydrogens (tertiary/aromatic N) is 5. The minimum Gasteiger partial charge on any atom is -0.507 e. The Morgan fingerprint density at radius 3 is 2.71 bits per heavy atom. The molecule has 48 heavy (non-hydrogen) atoms. The Hall–Kier alpha value is -4.21. The minimum atomic E-state index is -2.66. The largest absolute Gasteiger partial charge is 0.507 e. The molecule has 5 fully saturated rings. The average molecular weight is 659 g/mol. The first-order valence-corrected chi connectivity index (χ1v) is 16.5. The van der Waals surface area contributed by atoms with Gasteiger partial charge in [0, 0.05) is 60.2 Å². The second-order valence-electron chi connectivity index (χ2n) is 14.8. The van der Waals surface area contributed by atoms with Crippen LogP contribution in [0.25, 0.3) is 32.9 Å². The molecule has 9 rings (SSSR count). The molecule has 1 spiro atoms. The topological polar surface area (TPSA) is 86.6 Å². The van der Waals surface area contributed by atoms with Gasteiger partial charge in [-0.05, 0) is 69.8 Å². The minimum absolute atomic E-state index is 0.0340. The Bertz CT molecular complexity index is 2090. The lowest BCUT2D eigenvalue weighted by atomic mass is 9.89. The van der Waals surface area contributed by atoms with Crippen molar-refractivity contribution in [2.45, 2.75) is 68.5 Å². The fourth-order valence-electron chi connectivity index (χ4n) is 9.21. The van der Waals surface area contributed by atoms with E-state index in [0.29, 0.717) is 37.3 Å². The molecule has 4 aliphatic heterocycles. The van der Waals surface area contributed by atoms with Gasteiger partial charge in [-0.3, -0.25) is 9.88 Å². The highest BCUT2D eigenvalue weighted by Gasteiger charge is 2.77. The predicted molar refractivity (Wildman–Crippen MR) is 172 cm³/mol. The van der Waals surface area contributed by atoms with E-state index < -0.39 is 28.5 Å². The number of halogens is 4. The molecule has 2 aromatic carbocycles. The summed E-state index contributed by atoms with van der Waals surface area (Å²) in [5.74, 6) is -1.43. The van der Waals surface area contributed by atoms with E-state index in [4.69, 9.17) is 16.1 Å². The second-order valence-corrected chi connectivity index (χ2v) is 14.8. The van der Waals surface area contributed by atoms with Gasteiger partial charge in [0.05, 0.1) is 21.9 Å². The number of anilines is 1. The van der Waals surface area contributed by atoms with E-state index in [-0.39, 0.29) is 69.5 Å². The average Bonchev–Trinajstić information content (AvgIpc) is 3.33. The summed E-state index contributed by atoms with van der Waals surface area (Å²) in [4.78, 5) is 18.2. The maximum absolute atomic E-state index is 16.9. The van der Waals surface area contributed by atoms with Crippen LogP contribution in [0.1, 0.15) is 51.0 Å². The van der Waals surface area contributed by atoms with Gasteiger partial charge in [0.15, 0.2) is 5.82 Å². The molecule has 1 aliphatic carbocycles. The zero-order valence-corrected chi connectivity index (χ0v) is 26.4. The van der Waals surface area contributed by atoms with Gasteiger partial charge < -0.3 is 20.1 Å². The lowest BCUT2D eigenvalue weighted by Crippen LogP contribution is -2.58. The number of fused-ring (bicyclic) bond motifs is 5. The van der Waals surface area contributed by atoms with E-state index >= 15 is 4.39 Å². The number of hydrogen-bond donors (Lipinski definition) is 2. The van der Waals surface area contributed by atoms with Crippen LogP contribution in [0.15, 0.2) is 30.5 Å². The summed E-state index contributed by atoms with van der Waals surface area (Å²) < 4.78 is 67.1. The summed E-state index contributed by atoms with van der Waals surface area (Å²) >= 11 is 0. The molecule has 248 valence electrons. The SMILES string of the molecule is C#Cc1c(F)ccc2c(O)ccc(-c3ncc4c(N5C[C@H]6CC[C@@](C)(C5)N6)nc(OC[C@@]56CCCN5C[C@@]5(CC5(F)F)C6)nc4c3F)c12. The van der Waals surface area contributed by atoms with Crippen LogP contribution < -0.4 is 15.0 Å². The van der Waals surface area contributed by atoms with E-state index in [1.165, 1.54) is 24.4 Å². The van der Waals surface area contributed by atoms with Gasteiger partial charge in [0.1, 0.15) is 35.2 Å². The van der Waals surface area contributed by atoms with E-state index in [1.807, 2.05) is 0 Å². The summed E-state index contributed by atoms with van der Waals surface area (Å²) in [6, 6.07) is 5.60. The van der Waals surface area contributed by atoms with E-state index in [2.05, 4.69) is 37.9 Å². The Balaban J connectivity index is 1.17. The first-order valence-electron chi connectivity index (χ1n) is 16.5. The van der Waals surface area contributed by atoms with Gasteiger partial charge in [0.2, 0.25) is 0 Å². The van der Waals surface area contributed by atoms with Crippen molar-refractivity contribution in [1.29, 1.82) is 0 Å². The number of nitrogens with one attached hydrogen (secondary N) is 1. The number of alkyl halides is 2. The summed E-state index contributed by atoms with van der Waals surface area (Å²) in [6.07, 6.45) is 11.0. The van der Waals surface area contributed by atoms with Gasteiger partial charge in [-0.15, -0.1) is 6.42 Å². The summed E-state index contributed by atoms with van der Waals surface area (Å²) in [5.41, 5.74) is -1.77. The lowest BCUT2D eigenvalue weighted by Gasteiger charge is -2.40. The number of aromatic hydroxyl groups is 1. The highest BCUT2D eigenvalue weighted by molar-refractivity contribution is 6.04. The van der Waals surface area contributed by atoms with Crippen LogP contribution in [-0.2, 0) is 0 Å². The van der Waals surface area contributed by atoms with Gasteiger partial charge in [-0.25, -0.2) is 17.6 Å². The smallest absolute Gasteiger partial charge is 0.319 e. The Kier molecular flexibility index (Phi) is 6.18. The van der Waals surface area contributed by atoms with Gasteiger partial charge in [-0.1, -0.05) is 5.92 Å². The van der Waals surface area contributed by atoms with Crippen LogP contribution in [0.2, 0.25) is 0 Å². The molecule has 2 N–H and O–H groups in total. The second kappa shape index (κ2) is 9.92. The molecule has 1 saturated carbocycles. The Morgan fingerprint density at radius 2 is 1.94 bits per heavy atom. The molecule has 2 aromatic heterocycles. The normalized spacial score (nSPS) is 30.3. The number of ether oxygens (including phenoxy) is 1. The van der Waals surface area contributed by atoms with Crippen LogP contribution in [0.3, 0.4) is 0 Å². The standard InChI is InChI=1S/C36H34F4N6O2/c1-3-21-25(37)7-5-22-26(47)8-6-23(27(21)22)29-28(38)30-24(13-41-29)31(45-14-20-9-11-33(2,17-45)44-20)43-32(42-30)48-19-35-10-4-12-46(35)18-34(15-35)16-36(34,39)40/h1,5-8,13,20,44,47H,4,9-12,14-19H2,2H3/t20-,33+,34+,35+/m1/s1. The van der Waals surface area contributed by atoms with Gasteiger partial charge in [-0.2, -0.15) is 9.97 Å². The van der Waals surface area contributed by atoms with Crippen molar-refractivity contribution in [1.82, 2.24) is 25.2 Å². The number of pyridine rings is 1. The molecule has 0 radical (unpaired) electrons. The fraction of sp³-hybridized carbons (Fsp3) is 0.472. The monoisotopic (exact) mass is 658 g/mol. The van der Waals surface area contributed by atoms with Crippen molar-refractivity contribution in [3.63, 3.8) is 0 Å². The molecule has 6 heterocycles. The van der Waals surface area contributed by atoms with Crippen molar-refractivity contribution < 1.29 is 27.4 Å². The van der Waals surface area contributed by atoms with E-state index in [9.17, 15) is 18.3 Å².